The standard InChI is InChI=1S/C17H23N3O5/c21-10-14(17(24)25)20-16(23)13(9-11-5-2-1-3-6-11)19-15(22)12-7-4-8-18-12/h1-3,5-6,12-14,18,21H,4,7-10H2,(H,19,22)(H,20,23)(H,24,25)/t12-,13-,14-/m0/s1. The molecular formula is C17H23N3O5. The van der Waals surface area contributed by atoms with E-state index in [4.69, 9.17) is 10.2 Å². The summed E-state index contributed by atoms with van der Waals surface area (Å²) < 4.78 is 0. The summed E-state index contributed by atoms with van der Waals surface area (Å²) in [4.78, 5) is 35.8. The van der Waals surface area contributed by atoms with Gasteiger partial charge in [0.2, 0.25) is 11.8 Å². The number of benzene rings is 1. The summed E-state index contributed by atoms with van der Waals surface area (Å²) in [5.41, 5.74) is 0.832. The monoisotopic (exact) mass is 349 g/mol. The third-order valence-corrected chi connectivity index (χ3v) is 4.09. The van der Waals surface area contributed by atoms with Crippen LogP contribution in [0.1, 0.15) is 18.4 Å². The van der Waals surface area contributed by atoms with Gasteiger partial charge in [-0.15, -0.1) is 0 Å². The van der Waals surface area contributed by atoms with Gasteiger partial charge in [-0.05, 0) is 24.9 Å². The zero-order valence-corrected chi connectivity index (χ0v) is 13.8. The van der Waals surface area contributed by atoms with E-state index in [9.17, 15) is 14.4 Å². The Balaban J connectivity index is 2.08. The lowest BCUT2D eigenvalue weighted by Gasteiger charge is -2.22. The van der Waals surface area contributed by atoms with E-state index in [1.165, 1.54) is 0 Å². The van der Waals surface area contributed by atoms with E-state index in [1.54, 1.807) is 0 Å². The molecule has 2 amide bonds. The van der Waals surface area contributed by atoms with Gasteiger partial charge in [-0.3, -0.25) is 9.59 Å². The van der Waals surface area contributed by atoms with Gasteiger partial charge < -0.3 is 26.2 Å². The van der Waals surface area contributed by atoms with Crippen LogP contribution in [-0.2, 0) is 20.8 Å². The quantitative estimate of drug-likeness (QED) is 0.411. The second-order valence-corrected chi connectivity index (χ2v) is 5.98. The molecule has 0 saturated carbocycles. The molecule has 0 radical (unpaired) electrons. The van der Waals surface area contributed by atoms with Crippen molar-refractivity contribution in [2.24, 2.45) is 0 Å². The van der Waals surface area contributed by atoms with Crippen molar-refractivity contribution < 1.29 is 24.6 Å². The van der Waals surface area contributed by atoms with E-state index in [1.807, 2.05) is 30.3 Å². The van der Waals surface area contributed by atoms with E-state index in [2.05, 4.69) is 16.0 Å². The number of amides is 2. The molecule has 8 nitrogen and oxygen atoms in total. The molecular weight excluding hydrogens is 326 g/mol. The van der Waals surface area contributed by atoms with Crippen LogP contribution in [0, 0.1) is 0 Å². The van der Waals surface area contributed by atoms with Crippen molar-refractivity contribution in [1.82, 2.24) is 16.0 Å². The third-order valence-electron chi connectivity index (χ3n) is 4.09. The number of carbonyl (C=O) groups excluding carboxylic acids is 2. The van der Waals surface area contributed by atoms with Crippen LogP contribution in [0.15, 0.2) is 30.3 Å². The number of carboxylic acid groups (broad SMARTS) is 1. The van der Waals surface area contributed by atoms with Crippen LogP contribution in [0.2, 0.25) is 0 Å². The largest absolute Gasteiger partial charge is 0.480 e. The van der Waals surface area contributed by atoms with Crippen LogP contribution in [0.3, 0.4) is 0 Å². The molecule has 136 valence electrons. The fraction of sp³-hybridized carbons (Fsp3) is 0.471. The van der Waals surface area contributed by atoms with Gasteiger partial charge in [0.1, 0.15) is 12.1 Å². The molecule has 0 spiro atoms. The summed E-state index contributed by atoms with van der Waals surface area (Å²) in [5, 5.41) is 26.1. The lowest BCUT2D eigenvalue weighted by atomic mass is 10.0. The number of aliphatic carboxylic acids is 1. The Kier molecular flexibility index (Phi) is 6.91. The highest BCUT2D eigenvalue weighted by molar-refractivity contribution is 5.92. The van der Waals surface area contributed by atoms with Crippen LogP contribution in [-0.4, -0.2) is 59.3 Å². The molecule has 1 aliphatic rings. The molecule has 2 rings (SSSR count). The molecule has 0 aromatic heterocycles. The lowest BCUT2D eigenvalue weighted by molar-refractivity contribution is -0.143. The van der Waals surface area contributed by atoms with Crippen LogP contribution < -0.4 is 16.0 Å². The maximum absolute atomic E-state index is 12.5. The number of aliphatic hydroxyl groups excluding tert-OH is 1. The normalized spacial score (nSPS) is 19.0. The van der Waals surface area contributed by atoms with Crippen molar-refractivity contribution >= 4 is 17.8 Å². The highest BCUT2D eigenvalue weighted by atomic mass is 16.4. The van der Waals surface area contributed by atoms with Gasteiger partial charge in [0.05, 0.1) is 12.6 Å². The molecule has 0 unspecified atom stereocenters. The van der Waals surface area contributed by atoms with Gasteiger partial charge in [0, 0.05) is 6.42 Å². The van der Waals surface area contributed by atoms with Crippen molar-refractivity contribution in [2.75, 3.05) is 13.2 Å². The smallest absolute Gasteiger partial charge is 0.328 e. The van der Waals surface area contributed by atoms with E-state index in [0.29, 0.717) is 6.42 Å². The Morgan fingerprint density at radius 1 is 1.16 bits per heavy atom. The Morgan fingerprint density at radius 3 is 2.44 bits per heavy atom. The topological polar surface area (TPSA) is 128 Å². The maximum atomic E-state index is 12.5. The fourth-order valence-electron chi connectivity index (χ4n) is 2.70. The van der Waals surface area contributed by atoms with Crippen molar-refractivity contribution in [3.05, 3.63) is 35.9 Å². The Morgan fingerprint density at radius 2 is 1.88 bits per heavy atom. The molecule has 1 fully saturated rings. The summed E-state index contributed by atoms with van der Waals surface area (Å²) >= 11 is 0. The molecule has 5 N–H and O–H groups in total. The van der Waals surface area contributed by atoms with E-state index < -0.39 is 30.6 Å². The van der Waals surface area contributed by atoms with E-state index in [-0.39, 0.29) is 18.4 Å². The molecule has 1 aromatic carbocycles. The van der Waals surface area contributed by atoms with Gasteiger partial charge in [-0.2, -0.15) is 0 Å². The Labute approximate surface area is 145 Å². The predicted molar refractivity (Wildman–Crippen MR) is 89.8 cm³/mol. The van der Waals surface area contributed by atoms with Crippen LogP contribution >= 0.6 is 0 Å². The predicted octanol–water partition coefficient (Wildman–Crippen LogP) is -0.972. The first kappa shape index (κ1) is 18.9. The SMILES string of the molecule is O=C(O)[C@H](CO)NC(=O)[C@H](Cc1ccccc1)NC(=O)[C@@H]1CCCN1. The molecule has 1 saturated heterocycles. The number of carboxylic acids is 1. The molecule has 1 heterocycles. The molecule has 0 bridgehead atoms. The van der Waals surface area contributed by atoms with Crippen molar-refractivity contribution in [3.63, 3.8) is 0 Å². The second kappa shape index (κ2) is 9.14. The summed E-state index contributed by atoms with van der Waals surface area (Å²) in [6, 6.07) is 6.43. The van der Waals surface area contributed by atoms with Crippen molar-refractivity contribution in [3.8, 4) is 0 Å². The second-order valence-electron chi connectivity index (χ2n) is 5.98. The zero-order valence-electron chi connectivity index (χ0n) is 13.8. The van der Waals surface area contributed by atoms with E-state index in [0.717, 1.165) is 18.5 Å². The number of carbonyl (C=O) groups is 3. The summed E-state index contributed by atoms with van der Waals surface area (Å²) in [7, 11) is 0. The average Bonchev–Trinajstić information content (AvgIpc) is 3.14. The van der Waals surface area contributed by atoms with Crippen LogP contribution in [0.4, 0.5) is 0 Å². The third kappa shape index (κ3) is 5.54. The molecule has 8 heteroatoms. The number of rotatable bonds is 8. The Bertz CT molecular complexity index is 602. The number of nitrogens with one attached hydrogen (secondary N) is 3. The molecule has 25 heavy (non-hydrogen) atoms. The molecule has 1 aromatic rings. The van der Waals surface area contributed by atoms with Crippen molar-refractivity contribution in [1.29, 1.82) is 0 Å². The highest BCUT2D eigenvalue weighted by Crippen LogP contribution is 2.08. The van der Waals surface area contributed by atoms with Gasteiger partial charge in [-0.25, -0.2) is 4.79 Å². The summed E-state index contributed by atoms with van der Waals surface area (Å²) in [6.07, 6.45) is 1.81. The Hall–Kier alpha value is -2.45. The van der Waals surface area contributed by atoms with Gasteiger partial charge in [0.25, 0.3) is 0 Å². The lowest BCUT2D eigenvalue weighted by Crippen LogP contribution is -2.55. The average molecular weight is 349 g/mol. The number of aliphatic hydroxyl groups is 1. The first-order chi connectivity index (χ1) is 12.0. The first-order valence-electron chi connectivity index (χ1n) is 8.23. The minimum absolute atomic E-state index is 0.225. The maximum Gasteiger partial charge on any atom is 0.328 e. The van der Waals surface area contributed by atoms with Crippen LogP contribution in [0.25, 0.3) is 0 Å². The van der Waals surface area contributed by atoms with Gasteiger partial charge in [0.15, 0.2) is 0 Å². The van der Waals surface area contributed by atoms with Gasteiger partial charge >= 0.3 is 5.97 Å². The summed E-state index contributed by atoms with van der Waals surface area (Å²) in [6.45, 7) is 0.0243. The van der Waals surface area contributed by atoms with Crippen molar-refractivity contribution in [2.45, 2.75) is 37.4 Å². The number of hydrogen-bond donors (Lipinski definition) is 5. The molecule has 0 aliphatic carbocycles. The molecule has 1 aliphatic heterocycles. The fourth-order valence-corrected chi connectivity index (χ4v) is 2.70. The molecule has 3 atom stereocenters. The first-order valence-corrected chi connectivity index (χ1v) is 8.23. The number of hydrogen-bond acceptors (Lipinski definition) is 5. The van der Waals surface area contributed by atoms with Gasteiger partial charge in [-0.1, -0.05) is 30.3 Å². The summed E-state index contributed by atoms with van der Waals surface area (Å²) in [5.74, 6) is -2.26. The van der Waals surface area contributed by atoms with Crippen LogP contribution in [0.5, 0.6) is 0 Å². The minimum Gasteiger partial charge on any atom is -0.480 e. The van der Waals surface area contributed by atoms with E-state index >= 15 is 0 Å². The highest BCUT2D eigenvalue weighted by Gasteiger charge is 2.29. The zero-order chi connectivity index (χ0) is 18.2. The minimum atomic E-state index is -1.41.